The Hall–Kier alpha value is -0.120. The molecule has 6 nitrogen and oxygen atoms in total. The van der Waals surface area contributed by atoms with Gasteiger partial charge in [-0.25, -0.2) is 0 Å². The summed E-state index contributed by atoms with van der Waals surface area (Å²) in [5.74, 6) is 2.32. The van der Waals surface area contributed by atoms with Crippen LogP contribution in [-0.4, -0.2) is 76.6 Å². The van der Waals surface area contributed by atoms with E-state index in [1.165, 1.54) is 32.4 Å². The van der Waals surface area contributed by atoms with Crippen LogP contribution >= 0.6 is 24.0 Å². The maximum Gasteiger partial charge on any atom is 0.191 e. The Morgan fingerprint density at radius 2 is 1.89 bits per heavy atom. The lowest BCUT2D eigenvalue weighted by Crippen LogP contribution is -2.47. The maximum absolute atomic E-state index is 5.84. The number of hydrogen-bond acceptors (Lipinski definition) is 4. The van der Waals surface area contributed by atoms with Gasteiger partial charge in [-0.2, -0.15) is 0 Å². The second kappa shape index (κ2) is 15.7. The summed E-state index contributed by atoms with van der Waals surface area (Å²) in [6, 6.07) is 0.605. The molecular weight excluding hydrogens is 467 g/mol. The van der Waals surface area contributed by atoms with E-state index in [2.05, 4.69) is 34.4 Å². The topological polar surface area (TPSA) is 58.1 Å². The van der Waals surface area contributed by atoms with Gasteiger partial charge in [-0.1, -0.05) is 13.8 Å². The van der Waals surface area contributed by atoms with E-state index in [1.54, 1.807) is 0 Å². The molecule has 0 aromatic carbocycles. The molecule has 0 bridgehead atoms. The van der Waals surface area contributed by atoms with E-state index < -0.39 is 0 Å². The molecule has 0 amide bonds. The van der Waals surface area contributed by atoms with E-state index in [1.807, 2.05) is 7.05 Å². The van der Waals surface area contributed by atoms with E-state index in [9.17, 15) is 0 Å². The largest absolute Gasteiger partial charge is 0.381 e. The molecule has 166 valence electrons. The third kappa shape index (κ3) is 10.6. The number of halogens is 1. The van der Waals surface area contributed by atoms with Crippen molar-refractivity contribution in [2.45, 2.75) is 58.4 Å². The molecule has 0 aromatic rings. The molecule has 2 aliphatic rings. The summed E-state index contributed by atoms with van der Waals surface area (Å²) < 4.78 is 11.2. The number of likely N-dealkylation sites (tertiary alicyclic amines) is 1. The number of ether oxygens (including phenoxy) is 2. The molecule has 2 saturated heterocycles. The van der Waals surface area contributed by atoms with Gasteiger partial charge in [-0.3, -0.25) is 9.89 Å². The molecule has 2 fully saturated rings. The maximum atomic E-state index is 5.84. The second-order valence-corrected chi connectivity index (χ2v) is 8.39. The summed E-state index contributed by atoms with van der Waals surface area (Å²) in [7, 11) is 1.85. The van der Waals surface area contributed by atoms with Crippen LogP contribution in [0.5, 0.6) is 0 Å². The second-order valence-electron chi connectivity index (χ2n) is 8.39. The molecule has 2 rings (SSSR count). The van der Waals surface area contributed by atoms with Crippen molar-refractivity contribution in [3.05, 3.63) is 0 Å². The fourth-order valence-corrected chi connectivity index (χ4v) is 3.99. The molecule has 0 aromatic heterocycles. The minimum atomic E-state index is 0. The predicted molar refractivity (Wildman–Crippen MR) is 128 cm³/mol. The monoisotopic (exact) mass is 510 g/mol. The third-order valence-corrected chi connectivity index (χ3v) is 5.58. The smallest absolute Gasteiger partial charge is 0.191 e. The van der Waals surface area contributed by atoms with Crippen LogP contribution in [0.1, 0.15) is 52.4 Å². The van der Waals surface area contributed by atoms with Crippen LogP contribution in [0.3, 0.4) is 0 Å². The normalized spacial score (nSPS) is 20.2. The summed E-state index contributed by atoms with van der Waals surface area (Å²) in [6.45, 7) is 12.5. The van der Waals surface area contributed by atoms with Crippen LogP contribution in [-0.2, 0) is 9.47 Å². The molecule has 0 saturated carbocycles. The highest BCUT2D eigenvalue weighted by Crippen LogP contribution is 2.17. The quantitative estimate of drug-likeness (QED) is 0.194. The Bertz CT molecular complexity index is 411. The first-order valence-electron chi connectivity index (χ1n) is 11.0. The average molecular weight is 511 g/mol. The molecule has 0 aliphatic carbocycles. The van der Waals surface area contributed by atoms with Gasteiger partial charge in [0.1, 0.15) is 0 Å². The lowest BCUT2D eigenvalue weighted by molar-refractivity contribution is 0.0203. The molecule has 28 heavy (non-hydrogen) atoms. The van der Waals surface area contributed by atoms with E-state index >= 15 is 0 Å². The van der Waals surface area contributed by atoms with Crippen LogP contribution in [0.25, 0.3) is 0 Å². The molecule has 2 N–H and O–H groups in total. The number of guanidine groups is 1. The number of nitrogens with one attached hydrogen (secondary N) is 2. The van der Waals surface area contributed by atoms with Crippen molar-refractivity contribution in [2.75, 3.05) is 59.7 Å². The van der Waals surface area contributed by atoms with E-state index in [-0.39, 0.29) is 24.0 Å². The summed E-state index contributed by atoms with van der Waals surface area (Å²) in [5, 5.41) is 6.96. The van der Waals surface area contributed by atoms with Gasteiger partial charge in [-0.15, -0.1) is 24.0 Å². The first-order valence-corrected chi connectivity index (χ1v) is 11.0. The zero-order valence-electron chi connectivity index (χ0n) is 18.3. The van der Waals surface area contributed by atoms with Gasteiger partial charge in [0.2, 0.25) is 0 Å². The van der Waals surface area contributed by atoms with Crippen molar-refractivity contribution in [3.63, 3.8) is 0 Å². The molecule has 1 unspecified atom stereocenters. The summed E-state index contributed by atoms with van der Waals surface area (Å²) in [5.41, 5.74) is 0. The van der Waals surface area contributed by atoms with Gasteiger partial charge >= 0.3 is 0 Å². The molecule has 7 heteroatoms. The van der Waals surface area contributed by atoms with Crippen molar-refractivity contribution in [1.29, 1.82) is 0 Å². The molecular formula is C21H43IN4O2. The van der Waals surface area contributed by atoms with Gasteiger partial charge in [0.15, 0.2) is 5.96 Å². The Kier molecular flexibility index (Phi) is 14.5. The lowest BCUT2D eigenvalue weighted by atomic mass is 10.0. The highest BCUT2D eigenvalue weighted by molar-refractivity contribution is 14.0. The fraction of sp³-hybridized carbons (Fsp3) is 0.952. The summed E-state index contributed by atoms with van der Waals surface area (Å²) in [6.07, 6.45) is 7.22. The standard InChI is InChI=1S/C21H42N4O2.HI/c1-18(2)15-20(25-10-4-5-11-25)16-24-21(22-3)23-9-6-12-27-17-19-7-13-26-14-8-19;/h18-20H,4-17H2,1-3H3,(H2,22,23,24);1H. The molecule has 0 spiro atoms. The van der Waals surface area contributed by atoms with Gasteiger partial charge < -0.3 is 20.1 Å². The Labute approximate surface area is 189 Å². The zero-order valence-corrected chi connectivity index (χ0v) is 20.6. The van der Waals surface area contributed by atoms with E-state index in [0.717, 1.165) is 70.7 Å². The van der Waals surface area contributed by atoms with Crippen molar-refractivity contribution >= 4 is 29.9 Å². The fourth-order valence-electron chi connectivity index (χ4n) is 3.99. The van der Waals surface area contributed by atoms with E-state index in [4.69, 9.17) is 9.47 Å². The molecule has 2 heterocycles. The first kappa shape index (κ1) is 25.9. The number of nitrogens with zero attached hydrogens (tertiary/aromatic N) is 2. The SMILES string of the molecule is CN=C(NCCCOCC1CCOCC1)NCC(CC(C)C)N1CCCC1.I. The lowest BCUT2D eigenvalue weighted by Gasteiger charge is -2.29. The van der Waals surface area contributed by atoms with Gasteiger partial charge in [0, 0.05) is 52.6 Å². The highest BCUT2D eigenvalue weighted by atomic mass is 127. The summed E-state index contributed by atoms with van der Waals surface area (Å²) >= 11 is 0. The number of rotatable bonds is 11. The molecule has 0 radical (unpaired) electrons. The average Bonchev–Trinajstić information content (AvgIpc) is 3.21. The van der Waals surface area contributed by atoms with E-state index in [0.29, 0.717) is 12.0 Å². The van der Waals surface area contributed by atoms with Gasteiger partial charge in [0.25, 0.3) is 0 Å². The summed E-state index contributed by atoms with van der Waals surface area (Å²) in [4.78, 5) is 7.02. The van der Waals surface area contributed by atoms with Crippen LogP contribution in [0.4, 0.5) is 0 Å². The van der Waals surface area contributed by atoms with Crippen LogP contribution in [0.15, 0.2) is 4.99 Å². The first-order chi connectivity index (χ1) is 13.2. The highest BCUT2D eigenvalue weighted by Gasteiger charge is 2.22. The van der Waals surface area contributed by atoms with Crippen molar-refractivity contribution in [3.8, 4) is 0 Å². The minimum Gasteiger partial charge on any atom is -0.381 e. The van der Waals surface area contributed by atoms with Crippen molar-refractivity contribution in [1.82, 2.24) is 15.5 Å². The Morgan fingerprint density at radius 1 is 1.18 bits per heavy atom. The van der Waals surface area contributed by atoms with Crippen molar-refractivity contribution in [2.24, 2.45) is 16.8 Å². The molecule has 2 aliphatic heterocycles. The van der Waals surface area contributed by atoms with Crippen LogP contribution in [0.2, 0.25) is 0 Å². The predicted octanol–water partition coefficient (Wildman–Crippen LogP) is 3.11. The molecule has 1 atom stereocenters. The van der Waals surface area contributed by atoms with Gasteiger partial charge in [-0.05, 0) is 63.5 Å². The number of aliphatic imine (C=N–C) groups is 1. The number of hydrogen-bond donors (Lipinski definition) is 2. The Balaban J connectivity index is 0.00000392. The van der Waals surface area contributed by atoms with Crippen LogP contribution in [0, 0.1) is 11.8 Å². The van der Waals surface area contributed by atoms with Crippen molar-refractivity contribution < 1.29 is 9.47 Å². The van der Waals surface area contributed by atoms with Crippen LogP contribution < -0.4 is 10.6 Å². The third-order valence-electron chi connectivity index (χ3n) is 5.58. The van der Waals surface area contributed by atoms with Gasteiger partial charge in [0.05, 0.1) is 0 Å². The zero-order chi connectivity index (χ0) is 19.3. The Morgan fingerprint density at radius 3 is 2.54 bits per heavy atom. The minimum absolute atomic E-state index is 0.